The van der Waals surface area contributed by atoms with Crippen molar-refractivity contribution in [1.82, 2.24) is 20.0 Å². The normalized spacial score (nSPS) is 21.0. The van der Waals surface area contributed by atoms with Crippen molar-refractivity contribution in [3.8, 4) is 28.8 Å². The van der Waals surface area contributed by atoms with Crippen molar-refractivity contribution in [3.63, 3.8) is 0 Å². The summed E-state index contributed by atoms with van der Waals surface area (Å²) in [5.74, 6) is 4.61. The van der Waals surface area contributed by atoms with E-state index in [0.29, 0.717) is 28.8 Å². The molecule has 0 unspecified atom stereocenters. The number of benzene rings is 1. The predicted molar refractivity (Wildman–Crippen MR) is 129 cm³/mol. The van der Waals surface area contributed by atoms with Gasteiger partial charge < -0.3 is 20.7 Å². The van der Waals surface area contributed by atoms with E-state index in [9.17, 15) is 22.8 Å². The van der Waals surface area contributed by atoms with Crippen molar-refractivity contribution in [2.45, 2.75) is 38.4 Å². The Morgan fingerprint density at radius 2 is 2.00 bits per heavy atom. The van der Waals surface area contributed by atoms with Crippen LogP contribution in [-0.2, 0) is 4.79 Å². The van der Waals surface area contributed by atoms with Gasteiger partial charge in [-0.15, -0.1) is 0 Å². The van der Waals surface area contributed by atoms with Crippen molar-refractivity contribution < 1.29 is 27.5 Å². The van der Waals surface area contributed by atoms with Gasteiger partial charge in [0.1, 0.15) is 22.8 Å². The molecule has 2 aliphatic rings. The molecule has 1 aliphatic heterocycles. The maximum Gasteiger partial charge on any atom is 0.422 e. The zero-order chi connectivity index (χ0) is 26.5. The summed E-state index contributed by atoms with van der Waals surface area (Å²) in [6.45, 7) is 2.39. The number of amides is 1. The summed E-state index contributed by atoms with van der Waals surface area (Å²) in [6.07, 6.45) is -0.775. The lowest BCUT2D eigenvalue weighted by Crippen LogP contribution is -2.41. The first-order valence-electron chi connectivity index (χ1n) is 11.5. The fourth-order valence-corrected chi connectivity index (χ4v) is 4.81. The van der Waals surface area contributed by atoms with Gasteiger partial charge in [-0.1, -0.05) is 5.92 Å². The predicted octanol–water partition coefficient (Wildman–Crippen LogP) is 3.30. The van der Waals surface area contributed by atoms with Crippen LogP contribution in [0.5, 0.6) is 5.75 Å². The molecule has 11 heteroatoms. The van der Waals surface area contributed by atoms with Crippen molar-refractivity contribution in [2.24, 2.45) is 5.41 Å². The van der Waals surface area contributed by atoms with Gasteiger partial charge in [0, 0.05) is 19.2 Å². The highest BCUT2D eigenvalue weighted by Gasteiger charge is 2.49. The number of rotatable bonds is 5. The number of nitrogens with one attached hydrogen (secondary N) is 1. The minimum Gasteiger partial charge on any atom is -0.484 e. The highest BCUT2D eigenvalue weighted by atomic mass is 19.4. The van der Waals surface area contributed by atoms with Gasteiger partial charge in [0.2, 0.25) is 0 Å². The molecular formula is C25H30F3N5O3. The molecule has 36 heavy (non-hydrogen) atoms. The molecule has 4 rings (SSSR count). The summed E-state index contributed by atoms with van der Waals surface area (Å²) in [5.41, 5.74) is 7.90. The third-order valence-corrected chi connectivity index (χ3v) is 6.45. The van der Waals surface area contributed by atoms with Gasteiger partial charge in [0.05, 0.1) is 6.04 Å². The molecule has 1 aromatic carbocycles. The number of aldehydes is 1. The van der Waals surface area contributed by atoms with Crippen LogP contribution in [0.4, 0.5) is 19.0 Å². The minimum atomic E-state index is -4.41. The van der Waals surface area contributed by atoms with E-state index in [2.05, 4.69) is 34.2 Å². The van der Waals surface area contributed by atoms with E-state index < -0.39 is 12.8 Å². The molecule has 8 nitrogen and oxygen atoms in total. The molecule has 2 heterocycles. The smallest absolute Gasteiger partial charge is 0.422 e. The van der Waals surface area contributed by atoms with Crippen LogP contribution in [0.25, 0.3) is 11.3 Å². The number of nitrogens with two attached hydrogens (primary N) is 1. The summed E-state index contributed by atoms with van der Waals surface area (Å²) >= 11 is 0. The van der Waals surface area contributed by atoms with E-state index in [1.807, 2.05) is 0 Å². The second kappa shape index (κ2) is 11.0. The summed E-state index contributed by atoms with van der Waals surface area (Å²) < 4.78 is 43.6. The van der Waals surface area contributed by atoms with Crippen LogP contribution in [0.15, 0.2) is 24.3 Å². The van der Waals surface area contributed by atoms with Gasteiger partial charge in [0.25, 0.3) is 5.91 Å². The Bertz CT molecular complexity index is 1140. The molecule has 3 N–H and O–H groups in total. The van der Waals surface area contributed by atoms with Gasteiger partial charge in [-0.25, -0.2) is 4.68 Å². The summed E-state index contributed by atoms with van der Waals surface area (Å²) in [6, 6.07) is 6.14. The first kappa shape index (κ1) is 27.1. The Hall–Kier alpha value is -3.52. The minimum absolute atomic E-state index is 0.0845. The zero-order valence-corrected chi connectivity index (χ0v) is 20.5. The Morgan fingerprint density at radius 3 is 2.47 bits per heavy atom. The summed E-state index contributed by atoms with van der Waals surface area (Å²) in [7, 11) is 3.64. The van der Waals surface area contributed by atoms with Crippen molar-refractivity contribution >= 4 is 18.0 Å². The zero-order valence-electron chi connectivity index (χ0n) is 20.5. The van der Waals surface area contributed by atoms with Gasteiger partial charge in [-0.3, -0.25) is 9.59 Å². The van der Waals surface area contributed by atoms with Crippen LogP contribution >= 0.6 is 0 Å². The number of nitrogens with zero attached hydrogens (tertiary/aromatic N) is 3. The van der Waals surface area contributed by atoms with Gasteiger partial charge in [-0.2, -0.15) is 18.3 Å². The quantitative estimate of drug-likeness (QED) is 0.478. The van der Waals surface area contributed by atoms with E-state index in [1.165, 1.54) is 19.2 Å². The molecule has 194 valence electrons. The number of likely N-dealkylation sites (tertiary alicyclic amines) is 1. The first-order valence-corrected chi connectivity index (χ1v) is 11.5. The Kier molecular flexibility index (Phi) is 8.30. The molecule has 1 amide bonds. The molecule has 1 saturated carbocycles. The highest BCUT2D eigenvalue weighted by molar-refractivity contribution is 6.04. The van der Waals surface area contributed by atoms with E-state index in [1.54, 1.807) is 23.7 Å². The van der Waals surface area contributed by atoms with Gasteiger partial charge in [-0.05, 0) is 75.4 Å². The number of aromatic nitrogens is 2. The summed E-state index contributed by atoms with van der Waals surface area (Å²) in [5, 5.41) is 7.25. The number of hydrogen-bond donors (Lipinski definition) is 2. The topological polar surface area (TPSA) is 102 Å². The van der Waals surface area contributed by atoms with E-state index >= 15 is 0 Å². The van der Waals surface area contributed by atoms with E-state index in [0.717, 1.165) is 32.4 Å². The Balaban J connectivity index is 0.000000658. The molecule has 2 fully saturated rings. The van der Waals surface area contributed by atoms with Crippen LogP contribution in [0, 0.1) is 17.3 Å². The average Bonchev–Trinajstić information content (AvgIpc) is 3.37. The van der Waals surface area contributed by atoms with Crippen molar-refractivity contribution in [1.29, 1.82) is 0 Å². The molecule has 1 saturated heterocycles. The Labute approximate surface area is 208 Å². The third-order valence-electron chi connectivity index (χ3n) is 6.45. The number of nitrogen functional groups attached to an aromatic ring is 1. The number of anilines is 1. The molecule has 0 bridgehead atoms. The number of alkyl halides is 3. The lowest BCUT2D eigenvalue weighted by atomic mass is 9.65. The molecule has 1 spiro atoms. The second-order valence-electron chi connectivity index (χ2n) is 9.12. The fourth-order valence-electron chi connectivity index (χ4n) is 4.81. The van der Waals surface area contributed by atoms with Gasteiger partial charge in [0.15, 0.2) is 12.9 Å². The Morgan fingerprint density at radius 1 is 1.33 bits per heavy atom. The number of ether oxygens (including phenoxy) is 1. The largest absolute Gasteiger partial charge is 0.484 e. The fraction of sp³-hybridized carbons (Fsp3) is 0.480. The van der Waals surface area contributed by atoms with Crippen LogP contribution in [0.1, 0.15) is 42.6 Å². The van der Waals surface area contributed by atoms with Crippen LogP contribution in [0.3, 0.4) is 0 Å². The molecule has 1 aliphatic carbocycles. The molecule has 0 radical (unpaired) electrons. The lowest BCUT2D eigenvalue weighted by Gasteiger charge is -2.45. The molecule has 1 aromatic heterocycles. The van der Waals surface area contributed by atoms with Crippen LogP contribution < -0.4 is 15.8 Å². The molecular weight excluding hydrogens is 475 g/mol. The lowest BCUT2D eigenvalue weighted by molar-refractivity contribution is -0.153. The van der Waals surface area contributed by atoms with Crippen molar-refractivity contribution in [3.05, 3.63) is 29.8 Å². The maximum atomic E-state index is 12.5. The SMILES string of the molecule is CC#CC=O.CNC(=O)c1c(-c2ccc(OCC(F)(F)F)cc2)nn(C2CC3(CCN(C)C3)C2)c1N. The average molecular weight is 506 g/mol. The second-order valence-corrected chi connectivity index (χ2v) is 9.12. The maximum absolute atomic E-state index is 12.5. The third kappa shape index (κ3) is 6.18. The molecule has 0 atom stereocenters. The monoisotopic (exact) mass is 505 g/mol. The number of carbonyl (C=O) groups is 2. The van der Waals surface area contributed by atoms with Crippen LogP contribution in [-0.4, -0.2) is 66.8 Å². The standard InChI is InChI=1S/C21H26F3N5O2.C4H4O/c1-26-19(30)16-17(13-3-5-15(6-4-13)31-12-21(22,23)24)27-29(18(16)25)14-9-20(10-14)7-8-28(2)11-20;1-2-3-4-5/h3-6,14H,7-12,25H2,1-2H3,(H,26,30);4H,1H3. The summed E-state index contributed by atoms with van der Waals surface area (Å²) in [4.78, 5) is 24.1. The first-order chi connectivity index (χ1) is 17.0. The van der Waals surface area contributed by atoms with Crippen LogP contribution in [0.2, 0.25) is 0 Å². The number of carbonyl (C=O) groups excluding carboxylic acids is 2. The van der Waals surface area contributed by atoms with Crippen molar-refractivity contribution in [2.75, 3.05) is 39.5 Å². The number of hydrogen-bond acceptors (Lipinski definition) is 6. The highest BCUT2D eigenvalue weighted by Crippen LogP contribution is 2.54. The number of halogens is 3. The van der Waals surface area contributed by atoms with E-state index in [4.69, 9.17) is 10.5 Å². The molecule has 2 aromatic rings. The van der Waals surface area contributed by atoms with E-state index in [-0.39, 0.29) is 23.3 Å². The van der Waals surface area contributed by atoms with Gasteiger partial charge >= 0.3 is 6.18 Å².